The van der Waals surface area contributed by atoms with Crippen LogP contribution in [0.15, 0.2) is 6.07 Å². The molecule has 0 aromatic carbocycles. The van der Waals surface area contributed by atoms with Gasteiger partial charge in [0.15, 0.2) is 0 Å². The SMILES string of the molecule is CCNc1cc(N(C)CCOCC2CC2)nc(C2CC2)n1. The first kappa shape index (κ1) is 14.6. The largest absolute Gasteiger partial charge is 0.379 e. The number of hydrogen-bond acceptors (Lipinski definition) is 5. The van der Waals surface area contributed by atoms with Crippen LogP contribution in [-0.4, -0.2) is 43.3 Å². The fourth-order valence-electron chi connectivity index (χ4n) is 2.29. The molecule has 0 aliphatic heterocycles. The summed E-state index contributed by atoms with van der Waals surface area (Å²) in [6, 6.07) is 2.04. The Hall–Kier alpha value is -1.36. The molecule has 0 spiro atoms. The van der Waals surface area contributed by atoms with Crippen LogP contribution < -0.4 is 10.2 Å². The molecule has 2 aliphatic carbocycles. The number of nitrogens with one attached hydrogen (secondary N) is 1. The lowest BCUT2D eigenvalue weighted by Gasteiger charge is -2.19. The second-order valence-electron chi connectivity index (χ2n) is 6.21. The van der Waals surface area contributed by atoms with E-state index in [0.29, 0.717) is 5.92 Å². The molecule has 116 valence electrons. The van der Waals surface area contributed by atoms with Crippen LogP contribution in [0.25, 0.3) is 0 Å². The molecule has 5 nitrogen and oxygen atoms in total. The summed E-state index contributed by atoms with van der Waals surface area (Å²) in [6.07, 6.45) is 5.14. The van der Waals surface area contributed by atoms with Gasteiger partial charge in [0, 0.05) is 38.7 Å². The fourth-order valence-corrected chi connectivity index (χ4v) is 2.29. The Labute approximate surface area is 127 Å². The summed E-state index contributed by atoms with van der Waals surface area (Å²) in [5.41, 5.74) is 0. The zero-order valence-corrected chi connectivity index (χ0v) is 13.1. The molecule has 0 amide bonds. The van der Waals surface area contributed by atoms with E-state index in [4.69, 9.17) is 9.72 Å². The van der Waals surface area contributed by atoms with Crippen molar-refractivity contribution < 1.29 is 4.74 Å². The molecular formula is C16H26N4O. The summed E-state index contributed by atoms with van der Waals surface area (Å²) >= 11 is 0. The Kier molecular flexibility index (Phi) is 4.58. The molecule has 2 aliphatic rings. The van der Waals surface area contributed by atoms with Crippen molar-refractivity contribution in [3.63, 3.8) is 0 Å². The van der Waals surface area contributed by atoms with Gasteiger partial charge in [0.1, 0.15) is 17.5 Å². The van der Waals surface area contributed by atoms with E-state index in [1.165, 1.54) is 25.7 Å². The van der Waals surface area contributed by atoms with Gasteiger partial charge in [0.2, 0.25) is 0 Å². The van der Waals surface area contributed by atoms with Crippen molar-refractivity contribution in [3.05, 3.63) is 11.9 Å². The average Bonchev–Trinajstić information content (AvgIpc) is 3.37. The summed E-state index contributed by atoms with van der Waals surface area (Å²) in [4.78, 5) is 11.5. The van der Waals surface area contributed by atoms with Crippen LogP contribution in [0.2, 0.25) is 0 Å². The standard InChI is InChI=1S/C16H26N4O/c1-3-17-14-10-15(19-16(18-14)13-6-7-13)20(2)8-9-21-11-12-4-5-12/h10,12-13H,3-9,11H2,1-2H3,(H,17,18,19). The number of aromatic nitrogens is 2. The molecule has 0 atom stereocenters. The highest BCUT2D eigenvalue weighted by Gasteiger charge is 2.27. The van der Waals surface area contributed by atoms with E-state index >= 15 is 0 Å². The fraction of sp³-hybridized carbons (Fsp3) is 0.750. The van der Waals surface area contributed by atoms with Gasteiger partial charge in [-0.2, -0.15) is 0 Å². The van der Waals surface area contributed by atoms with E-state index in [1.54, 1.807) is 0 Å². The minimum absolute atomic E-state index is 0.571. The van der Waals surface area contributed by atoms with Crippen molar-refractivity contribution in [1.29, 1.82) is 0 Å². The summed E-state index contributed by atoms with van der Waals surface area (Å²) in [5.74, 6) is 4.33. The maximum absolute atomic E-state index is 5.72. The highest BCUT2D eigenvalue weighted by Crippen LogP contribution is 2.39. The van der Waals surface area contributed by atoms with Crippen LogP contribution >= 0.6 is 0 Å². The van der Waals surface area contributed by atoms with Crippen molar-refractivity contribution >= 4 is 11.6 Å². The quantitative estimate of drug-likeness (QED) is 0.709. The molecular weight excluding hydrogens is 264 g/mol. The van der Waals surface area contributed by atoms with E-state index in [0.717, 1.165) is 49.7 Å². The predicted molar refractivity (Wildman–Crippen MR) is 85.0 cm³/mol. The van der Waals surface area contributed by atoms with Crippen LogP contribution in [0.4, 0.5) is 11.6 Å². The maximum Gasteiger partial charge on any atom is 0.136 e. The Morgan fingerprint density at radius 3 is 2.76 bits per heavy atom. The first-order valence-corrected chi connectivity index (χ1v) is 8.18. The molecule has 0 unspecified atom stereocenters. The Bertz CT molecular complexity index is 471. The second-order valence-corrected chi connectivity index (χ2v) is 6.21. The van der Waals surface area contributed by atoms with Crippen LogP contribution in [-0.2, 0) is 4.74 Å². The number of ether oxygens (including phenoxy) is 1. The molecule has 1 heterocycles. The van der Waals surface area contributed by atoms with Gasteiger partial charge in [-0.3, -0.25) is 0 Å². The number of hydrogen-bond donors (Lipinski definition) is 1. The average molecular weight is 290 g/mol. The monoisotopic (exact) mass is 290 g/mol. The molecule has 0 bridgehead atoms. The van der Waals surface area contributed by atoms with Crippen molar-refractivity contribution in [2.75, 3.05) is 43.6 Å². The van der Waals surface area contributed by atoms with Crippen LogP contribution in [0.1, 0.15) is 44.3 Å². The van der Waals surface area contributed by atoms with Crippen LogP contribution in [0.3, 0.4) is 0 Å². The summed E-state index contributed by atoms with van der Waals surface area (Å²) in [5, 5.41) is 3.31. The van der Waals surface area contributed by atoms with Crippen molar-refractivity contribution in [2.24, 2.45) is 5.92 Å². The summed E-state index contributed by atoms with van der Waals surface area (Å²) in [6.45, 7) is 5.54. The van der Waals surface area contributed by atoms with Gasteiger partial charge in [-0.25, -0.2) is 9.97 Å². The lowest BCUT2D eigenvalue weighted by molar-refractivity contribution is 0.131. The number of nitrogens with zero attached hydrogens (tertiary/aromatic N) is 3. The van der Waals surface area contributed by atoms with E-state index in [2.05, 4.69) is 29.2 Å². The first-order valence-electron chi connectivity index (χ1n) is 8.18. The van der Waals surface area contributed by atoms with Gasteiger partial charge >= 0.3 is 0 Å². The number of rotatable bonds is 9. The Balaban J connectivity index is 1.58. The van der Waals surface area contributed by atoms with E-state index in [1.807, 2.05) is 6.07 Å². The molecule has 0 radical (unpaired) electrons. The summed E-state index contributed by atoms with van der Waals surface area (Å²) in [7, 11) is 2.08. The predicted octanol–water partition coefficient (Wildman–Crippen LogP) is 2.65. The summed E-state index contributed by atoms with van der Waals surface area (Å²) < 4.78 is 5.72. The lowest BCUT2D eigenvalue weighted by atomic mass is 10.3. The van der Waals surface area contributed by atoms with Crippen molar-refractivity contribution in [2.45, 2.75) is 38.5 Å². The van der Waals surface area contributed by atoms with Crippen molar-refractivity contribution in [3.8, 4) is 0 Å². The Morgan fingerprint density at radius 2 is 2.10 bits per heavy atom. The lowest BCUT2D eigenvalue weighted by Crippen LogP contribution is -2.24. The normalized spacial score (nSPS) is 17.8. The van der Waals surface area contributed by atoms with Crippen molar-refractivity contribution in [1.82, 2.24) is 9.97 Å². The molecule has 1 N–H and O–H groups in total. The third-order valence-electron chi connectivity index (χ3n) is 4.04. The third-order valence-corrected chi connectivity index (χ3v) is 4.04. The molecule has 5 heteroatoms. The van der Waals surface area contributed by atoms with Gasteiger partial charge in [-0.15, -0.1) is 0 Å². The highest BCUT2D eigenvalue weighted by atomic mass is 16.5. The minimum Gasteiger partial charge on any atom is -0.379 e. The zero-order valence-electron chi connectivity index (χ0n) is 13.1. The second kappa shape index (κ2) is 6.60. The zero-order chi connectivity index (χ0) is 14.7. The van der Waals surface area contributed by atoms with Crippen LogP contribution in [0.5, 0.6) is 0 Å². The maximum atomic E-state index is 5.72. The highest BCUT2D eigenvalue weighted by molar-refractivity contribution is 5.49. The van der Waals surface area contributed by atoms with E-state index < -0.39 is 0 Å². The van der Waals surface area contributed by atoms with Gasteiger partial charge < -0.3 is 15.0 Å². The molecule has 1 aromatic heterocycles. The number of anilines is 2. The first-order chi connectivity index (χ1) is 10.3. The van der Waals surface area contributed by atoms with E-state index in [-0.39, 0.29) is 0 Å². The van der Waals surface area contributed by atoms with Gasteiger partial charge in [-0.1, -0.05) is 0 Å². The van der Waals surface area contributed by atoms with E-state index in [9.17, 15) is 0 Å². The topological polar surface area (TPSA) is 50.3 Å². The van der Waals surface area contributed by atoms with Gasteiger partial charge in [0.25, 0.3) is 0 Å². The minimum atomic E-state index is 0.571. The van der Waals surface area contributed by atoms with Gasteiger partial charge in [0.05, 0.1) is 6.61 Å². The van der Waals surface area contributed by atoms with Gasteiger partial charge in [-0.05, 0) is 38.5 Å². The number of likely N-dealkylation sites (N-methyl/N-ethyl adjacent to an activating group) is 1. The molecule has 21 heavy (non-hydrogen) atoms. The molecule has 2 saturated carbocycles. The molecule has 2 fully saturated rings. The van der Waals surface area contributed by atoms with Crippen LogP contribution in [0, 0.1) is 5.92 Å². The third kappa shape index (κ3) is 4.30. The smallest absolute Gasteiger partial charge is 0.136 e. The Morgan fingerprint density at radius 1 is 1.29 bits per heavy atom. The molecule has 0 saturated heterocycles. The molecule has 3 rings (SSSR count). The molecule has 1 aromatic rings.